The molecule has 1 amide bonds. The molecular formula is C20H20ClFN2O5S. The number of nitrogens with one attached hydrogen (secondary N) is 2. The Morgan fingerprint density at radius 3 is 2.53 bits per heavy atom. The van der Waals surface area contributed by atoms with Crippen LogP contribution in [0.5, 0.6) is 0 Å². The zero-order valence-electron chi connectivity index (χ0n) is 16.0. The Balaban J connectivity index is 2.00. The van der Waals surface area contributed by atoms with Crippen LogP contribution in [0.25, 0.3) is 0 Å². The van der Waals surface area contributed by atoms with E-state index in [4.69, 9.17) is 16.3 Å². The number of ether oxygens (including phenoxy) is 1. The monoisotopic (exact) mass is 454 g/mol. The second kappa shape index (κ2) is 10.3. The Morgan fingerprint density at radius 2 is 1.90 bits per heavy atom. The van der Waals surface area contributed by atoms with Crippen LogP contribution >= 0.6 is 11.6 Å². The van der Waals surface area contributed by atoms with Crippen LogP contribution in [-0.2, 0) is 19.6 Å². The van der Waals surface area contributed by atoms with E-state index in [0.717, 1.165) is 23.8 Å². The van der Waals surface area contributed by atoms with E-state index in [1.807, 2.05) is 0 Å². The van der Waals surface area contributed by atoms with Gasteiger partial charge >= 0.3 is 5.97 Å². The first kappa shape index (κ1) is 23.5. The highest BCUT2D eigenvalue weighted by molar-refractivity contribution is 7.89. The number of rotatable bonds is 9. The molecule has 0 saturated carbocycles. The summed E-state index contributed by atoms with van der Waals surface area (Å²) in [6.07, 6.45) is 1.29. The standard InChI is InChI=1S/C20H20ClFN2O5S/c1-3-10-23-30(27,28)18-11-15(6-9-17(18)22)20(26)29-12-19(25)24-13(2)14-4-7-16(21)8-5-14/h3-9,11,13,23H,1,10,12H2,2H3,(H,24,25). The third-order valence-electron chi connectivity index (χ3n) is 3.96. The van der Waals surface area contributed by atoms with Gasteiger partial charge in [-0.15, -0.1) is 6.58 Å². The highest BCUT2D eigenvalue weighted by atomic mass is 35.5. The Bertz CT molecular complexity index is 1040. The van der Waals surface area contributed by atoms with Gasteiger partial charge in [0.1, 0.15) is 10.7 Å². The summed E-state index contributed by atoms with van der Waals surface area (Å²) in [5.41, 5.74) is 0.591. The van der Waals surface area contributed by atoms with E-state index in [1.165, 1.54) is 6.08 Å². The van der Waals surface area contributed by atoms with Gasteiger partial charge in [-0.25, -0.2) is 22.3 Å². The van der Waals surface area contributed by atoms with Gasteiger partial charge in [0.2, 0.25) is 10.0 Å². The van der Waals surface area contributed by atoms with Crippen LogP contribution in [0.4, 0.5) is 4.39 Å². The second-order valence-corrected chi connectivity index (χ2v) is 8.37. The molecule has 0 spiro atoms. The fourth-order valence-electron chi connectivity index (χ4n) is 2.42. The molecule has 7 nitrogen and oxygen atoms in total. The molecular weight excluding hydrogens is 435 g/mol. The molecule has 30 heavy (non-hydrogen) atoms. The van der Waals surface area contributed by atoms with Crippen molar-refractivity contribution in [2.75, 3.05) is 13.2 Å². The average molecular weight is 455 g/mol. The first-order valence-corrected chi connectivity index (χ1v) is 10.6. The first-order chi connectivity index (χ1) is 14.1. The molecule has 0 aliphatic heterocycles. The molecule has 10 heteroatoms. The van der Waals surface area contributed by atoms with Crippen molar-refractivity contribution < 1.29 is 27.1 Å². The quantitative estimate of drug-likeness (QED) is 0.448. The van der Waals surface area contributed by atoms with Crippen LogP contribution < -0.4 is 10.0 Å². The van der Waals surface area contributed by atoms with Crippen LogP contribution in [0.15, 0.2) is 60.0 Å². The fourth-order valence-corrected chi connectivity index (χ4v) is 3.64. The van der Waals surface area contributed by atoms with E-state index in [1.54, 1.807) is 31.2 Å². The number of benzene rings is 2. The molecule has 0 aromatic heterocycles. The molecule has 2 aromatic rings. The van der Waals surface area contributed by atoms with E-state index in [0.29, 0.717) is 5.02 Å². The molecule has 160 valence electrons. The van der Waals surface area contributed by atoms with Gasteiger partial charge in [0.25, 0.3) is 5.91 Å². The van der Waals surface area contributed by atoms with Gasteiger partial charge in [0, 0.05) is 11.6 Å². The normalized spacial score (nSPS) is 12.1. The lowest BCUT2D eigenvalue weighted by atomic mass is 10.1. The van der Waals surface area contributed by atoms with E-state index >= 15 is 0 Å². The number of carbonyl (C=O) groups excluding carboxylic acids is 2. The number of amides is 1. The SMILES string of the molecule is C=CCNS(=O)(=O)c1cc(C(=O)OCC(=O)NC(C)c2ccc(Cl)cc2)ccc1F. The predicted octanol–water partition coefficient (Wildman–Crippen LogP) is 2.98. The Morgan fingerprint density at radius 1 is 1.23 bits per heavy atom. The number of hydrogen-bond acceptors (Lipinski definition) is 5. The number of sulfonamides is 1. The Labute approximate surface area is 178 Å². The summed E-state index contributed by atoms with van der Waals surface area (Å²) in [4.78, 5) is 23.5. The first-order valence-electron chi connectivity index (χ1n) is 8.76. The Kier molecular flexibility index (Phi) is 8.10. The van der Waals surface area contributed by atoms with Crippen molar-refractivity contribution in [2.45, 2.75) is 17.9 Å². The molecule has 2 N–H and O–H groups in total. The average Bonchev–Trinajstić information content (AvgIpc) is 2.71. The summed E-state index contributed by atoms with van der Waals surface area (Å²) in [5, 5.41) is 3.22. The zero-order chi connectivity index (χ0) is 22.3. The number of carbonyl (C=O) groups is 2. The molecule has 2 rings (SSSR count). The maximum atomic E-state index is 13.9. The van der Waals surface area contributed by atoms with Crippen LogP contribution in [-0.4, -0.2) is 33.4 Å². The summed E-state index contributed by atoms with van der Waals surface area (Å²) in [6, 6.07) is 9.26. The molecule has 0 fully saturated rings. The zero-order valence-corrected chi connectivity index (χ0v) is 17.6. The van der Waals surface area contributed by atoms with Crippen molar-refractivity contribution in [3.8, 4) is 0 Å². The van der Waals surface area contributed by atoms with E-state index in [2.05, 4.69) is 16.6 Å². The van der Waals surface area contributed by atoms with Crippen molar-refractivity contribution in [1.29, 1.82) is 0 Å². The maximum absolute atomic E-state index is 13.9. The third-order valence-corrected chi connectivity index (χ3v) is 5.65. The predicted molar refractivity (Wildman–Crippen MR) is 110 cm³/mol. The molecule has 1 unspecified atom stereocenters. The van der Waals surface area contributed by atoms with E-state index in [-0.39, 0.29) is 18.2 Å². The Hall–Kier alpha value is -2.75. The topological polar surface area (TPSA) is 102 Å². The van der Waals surface area contributed by atoms with Gasteiger partial charge in [-0.1, -0.05) is 29.8 Å². The molecule has 2 aromatic carbocycles. The van der Waals surface area contributed by atoms with E-state index in [9.17, 15) is 22.4 Å². The van der Waals surface area contributed by atoms with Gasteiger partial charge in [-0.3, -0.25) is 4.79 Å². The van der Waals surface area contributed by atoms with Gasteiger partial charge in [-0.2, -0.15) is 0 Å². The maximum Gasteiger partial charge on any atom is 0.338 e. The summed E-state index contributed by atoms with van der Waals surface area (Å²) in [5.74, 6) is -2.56. The summed E-state index contributed by atoms with van der Waals surface area (Å²) in [7, 11) is -4.18. The largest absolute Gasteiger partial charge is 0.452 e. The minimum absolute atomic E-state index is 0.109. The number of hydrogen-bond donors (Lipinski definition) is 2. The molecule has 0 heterocycles. The van der Waals surface area contributed by atoms with Crippen LogP contribution in [0.2, 0.25) is 5.02 Å². The molecule has 0 radical (unpaired) electrons. The number of esters is 1. The van der Waals surface area contributed by atoms with Gasteiger partial charge in [-0.05, 0) is 42.8 Å². The summed E-state index contributed by atoms with van der Waals surface area (Å²) >= 11 is 5.82. The third kappa shape index (κ3) is 6.38. The van der Waals surface area contributed by atoms with Crippen molar-refractivity contribution in [2.24, 2.45) is 0 Å². The fraction of sp³-hybridized carbons (Fsp3) is 0.200. The highest BCUT2D eigenvalue weighted by Gasteiger charge is 2.21. The van der Waals surface area contributed by atoms with Gasteiger partial charge in [0.05, 0.1) is 11.6 Å². The second-order valence-electron chi connectivity index (χ2n) is 6.20. The van der Waals surface area contributed by atoms with Gasteiger partial charge < -0.3 is 10.1 Å². The van der Waals surface area contributed by atoms with Crippen molar-refractivity contribution in [3.05, 3.63) is 77.1 Å². The number of halogens is 2. The molecule has 0 aliphatic carbocycles. The van der Waals surface area contributed by atoms with Crippen LogP contribution in [0.1, 0.15) is 28.9 Å². The minimum Gasteiger partial charge on any atom is -0.452 e. The van der Waals surface area contributed by atoms with Crippen molar-refractivity contribution in [1.82, 2.24) is 10.0 Å². The molecule has 0 saturated heterocycles. The van der Waals surface area contributed by atoms with Crippen molar-refractivity contribution in [3.63, 3.8) is 0 Å². The summed E-state index contributed by atoms with van der Waals surface area (Å²) in [6.45, 7) is 4.42. The molecule has 1 atom stereocenters. The highest BCUT2D eigenvalue weighted by Crippen LogP contribution is 2.18. The van der Waals surface area contributed by atoms with E-state index < -0.39 is 39.2 Å². The van der Waals surface area contributed by atoms with Crippen LogP contribution in [0, 0.1) is 5.82 Å². The van der Waals surface area contributed by atoms with Crippen molar-refractivity contribution >= 4 is 33.5 Å². The molecule has 0 aliphatic rings. The lowest BCUT2D eigenvalue weighted by Crippen LogP contribution is -2.31. The lowest BCUT2D eigenvalue weighted by Gasteiger charge is -2.14. The smallest absolute Gasteiger partial charge is 0.338 e. The van der Waals surface area contributed by atoms with Gasteiger partial charge in [0.15, 0.2) is 6.61 Å². The summed E-state index contributed by atoms with van der Waals surface area (Å²) < 4.78 is 45.2. The molecule has 0 bridgehead atoms. The van der Waals surface area contributed by atoms with Crippen LogP contribution in [0.3, 0.4) is 0 Å². The minimum atomic E-state index is -4.18. The lowest BCUT2D eigenvalue weighted by molar-refractivity contribution is -0.124.